The summed E-state index contributed by atoms with van der Waals surface area (Å²) >= 11 is 1.87. The normalized spacial score (nSPS) is 16.6. The van der Waals surface area contributed by atoms with Crippen molar-refractivity contribution in [3.8, 4) is 5.75 Å². The van der Waals surface area contributed by atoms with E-state index in [1.165, 1.54) is 6.07 Å². The molecule has 0 aliphatic carbocycles. The smallest absolute Gasteiger partial charge is 0.387 e. The average molecular weight is 292 g/mol. The molecule has 3 nitrogen and oxygen atoms in total. The van der Waals surface area contributed by atoms with Crippen molar-refractivity contribution in [1.82, 2.24) is 0 Å². The number of thioether (sulfide) groups is 1. The lowest BCUT2D eigenvalue weighted by Crippen LogP contribution is -2.25. The molecule has 1 aromatic carbocycles. The number of hydrogen-bond acceptors (Lipinski definition) is 4. The first kappa shape index (κ1) is 14.2. The molecule has 3 N–H and O–H groups in total. The van der Waals surface area contributed by atoms with Crippen LogP contribution in [-0.2, 0) is 0 Å². The molecule has 0 amide bonds. The quantitative estimate of drug-likeness (QED) is 0.836. The standard InChI is InChI=1S/C12H15F3N2OS/c13-8-5-9(16)10(6-11(8)18-12(14)15)17-7-1-3-19-4-2-7/h5-7,12,17H,1-4,16H2. The van der Waals surface area contributed by atoms with Crippen molar-refractivity contribution in [3.63, 3.8) is 0 Å². The molecule has 19 heavy (non-hydrogen) atoms. The fourth-order valence-electron chi connectivity index (χ4n) is 1.94. The van der Waals surface area contributed by atoms with Crippen LogP contribution >= 0.6 is 11.8 Å². The Morgan fingerprint density at radius 2 is 2.00 bits per heavy atom. The van der Waals surface area contributed by atoms with Crippen LogP contribution in [0, 0.1) is 5.82 Å². The van der Waals surface area contributed by atoms with Crippen molar-refractivity contribution in [2.75, 3.05) is 22.6 Å². The Bertz CT molecular complexity index is 439. The summed E-state index contributed by atoms with van der Waals surface area (Å²) in [6.45, 7) is -3.06. The minimum Gasteiger partial charge on any atom is -0.432 e. The lowest BCUT2D eigenvalue weighted by Gasteiger charge is -2.24. The molecule has 0 saturated carbocycles. The zero-order valence-corrected chi connectivity index (χ0v) is 11.0. The molecular weight excluding hydrogens is 277 g/mol. The van der Waals surface area contributed by atoms with Crippen LogP contribution in [0.2, 0.25) is 0 Å². The van der Waals surface area contributed by atoms with Crippen molar-refractivity contribution < 1.29 is 17.9 Å². The van der Waals surface area contributed by atoms with Crippen molar-refractivity contribution in [1.29, 1.82) is 0 Å². The van der Waals surface area contributed by atoms with E-state index in [1.807, 2.05) is 11.8 Å². The van der Waals surface area contributed by atoms with Gasteiger partial charge in [0.25, 0.3) is 0 Å². The molecule has 1 aromatic rings. The number of nitrogen functional groups attached to an aromatic ring is 1. The summed E-state index contributed by atoms with van der Waals surface area (Å²) in [6, 6.07) is 2.42. The van der Waals surface area contributed by atoms with Gasteiger partial charge in [0, 0.05) is 18.2 Å². The van der Waals surface area contributed by atoms with E-state index in [2.05, 4.69) is 10.1 Å². The van der Waals surface area contributed by atoms with E-state index in [9.17, 15) is 13.2 Å². The fraction of sp³-hybridized carbons (Fsp3) is 0.500. The summed E-state index contributed by atoms with van der Waals surface area (Å²) in [7, 11) is 0. The van der Waals surface area contributed by atoms with E-state index in [0.29, 0.717) is 5.69 Å². The average Bonchev–Trinajstić information content (AvgIpc) is 2.36. The van der Waals surface area contributed by atoms with E-state index >= 15 is 0 Å². The zero-order valence-electron chi connectivity index (χ0n) is 10.2. The van der Waals surface area contributed by atoms with Crippen molar-refractivity contribution in [3.05, 3.63) is 17.9 Å². The third kappa shape index (κ3) is 3.86. The Labute approximate surface area is 113 Å². The predicted molar refractivity (Wildman–Crippen MR) is 71.4 cm³/mol. The number of halogens is 3. The molecule has 1 aliphatic rings. The Hall–Kier alpha value is -1.24. The number of anilines is 2. The summed E-state index contributed by atoms with van der Waals surface area (Å²) in [5.41, 5.74) is 6.32. The number of nitrogens with two attached hydrogens (primary N) is 1. The number of nitrogens with one attached hydrogen (secondary N) is 1. The molecule has 7 heteroatoms. The molecule has 0 unspecified atom stereocenters. The Morgan fingerprint density at radius 3 is 2.63 bits per heavy atom. The van der Waals surface area contributed by atoms with E-state index in [0.717, 1.165) is 30.4 Å². The highest BCUT2D eigenvalue weighted by molar-refractivity contribution is 7.99. The molecular formula is C12H15F3N2OS. The summed E-state index contributed by atoms with van der Waals surface area (Å²) in [5.74, 6) is 0.706. The van der Waals surface area contributed by atoms with Crippen LogP contribution in [-0.4, -0.2) is 24.2 Å². The first-order valence-corrected chi connectivity index (χ1v) is 7.10. The van der Waals surface area contributed by atoms with Gasteiger partial charge in [0.15, 0.2) is 11.6 Å². The van der Waals surface area contributed by atoms with Crippen LogP contribution in [0.15, 0.2) is 12.1 Å². The van der Waals surface area contributed by atoms with Crippen LogP contribution in [0.4, 0.5) is 24.5 Å². The van der Waals surface area contributed by atoms with Gasteiger partial charge in [-0.25, -0.2) is 4.39 Å². The van der Waals surface area contributed by atoms with Gasteiger partial charge in [0.1, 0.15) is 0 Å². The molecule has 0 aromatic heterocycles. The van der Waals surface area contributed by atoms with Gasteiger partial charge in [-0.15, -0.1) is 0 Å². The van der Waals surface area contributed by atoms with E-state index in [1.54, 1.807) is 0 Å². The number of hydrogen-bond donors (Lipinski definition) is 2. The number of benzene rings is 1. The number of ether oxygens (including phenoxy) is 1. The third-order valence-corrected chi connectivity index (χ3v) is 3.95. The molecule has 1 fully saturated rings. The molecule has 0 atom stereocenters. The van der Waals surface area contributed by atoms with Gasteiger partial charge in [-0.3, -0.25) is 0 Å². The van der Waals surface area contributed by atoms with Crippen molar-refractivity contribution in [2.24, 2.45) is 0 Å². The highest BCUT2D eigenvalue weighted by Gasteiger charge is 2.17. The predicted octanol–water partition coefficient (Wildman–Crippen LogP) is 3.32. The summed E-state index contributed by atoms with van der Waals surface area (Å²) in [4.78, 5) is 0. The largest absolute Gasteiger partial charge is 0.432 e. The van der Waals surface area contributed by atoms with E-state index in [-0.39, 0.29) is 11.7 Å². The lowest BCUT2D eigenvalue weighted by atomic mass is 10.1. The highest BCUT2D eigenvalue weighted by atomic mass is 32.2. The maximum absolute atomic E-state index is 13.4. The van der Waals surface area contributed by atoms with Gasteiger partial charge >= 0.3 is 6.61 Å². The van der Waals surface area contributed by atoms with Crippen molar-refractivity contribution >= 4 is 23.1 Å². The first-order valence-electron chi connectivity index (χ1n) is 5.94. The zero-order chi connectivity index (χ0) is 13.8. The lowest BCUT2D eigenvalue weighted by molar-refractivity contribution is -0.0521. The highest BCUT2D eigenvalue weighted by Crippen LogP contribution is 2.31. The van der Waals surface area contributed by atoms with Crippen molar-refractivity contribution in [2.45, 2.75) is 25.5 Å². The molecule has 0 spiro atoms. The number of alkyl halides is 2. The monoisotopic (exact) mass is 292 g/mol. The maximum Gasteiger partial charge on any atom is 0.387 e. The SMILES string of the molecule is Nc1cc(F)c(OC(F)F)cc1NC1CCSCC1. The van der Waals surface area contributed by atoms with Crippen LogP contribution in [0.5, 0.6) is 5.75 Å². The molecule has 0 radical (unpaired) electrons. The Balaban J connectivity index is 2.14. The Kier molecular flexibility index (Phi) is 4.68. The van der Waals surface area contributed by atoms with Crippen LogP contribution in [0.25, 0.3) is 0 Å². The molecule has 2 rings (SSSR count). The van der Waals surface area contributed by atoms with Crippen LogP contribution < -0.4 is 15.8 Å². The molecule has 1 heterocycles. The second-order valence-corrected chi connectivity index (χ2v) is 5.50. The minimum atomic E-state index is -3.06. The van der Waals surface area contributed by atoms with E-state index < -0.39 is 18.2 Å². The van der Waals surface area contributed by atoms with E-state index in [4.69, 9.17) is 5.73 Å². The van der Waals surface area contributed by atoms with Gasteiger partial charge in [-0.05, 0) is 24.3 Å². The first-order chi connectivity index (χ1) is 9.06. The van der Waals surface area contributed by atoms with Gasteiger partial charge in [-0.2, -0.15) is 20.5 Å². The van der Waals surface area contributed by atoms with Crippen LogP contribution in [0.1, 0.15) is 12.8 Å². The molecule has 0 bridgehead atoms. The van der Waals surface area contributed by atoms with Gasteiger partial charge in [0.05, 0.1) is 11.4 Å². The summed E-state index contributed by atoms with van der Waals surface area (Å²) in [5, 5.41) is 3.16. The van der Waals surface area contributed by atoms with Gasteiger partial charge in [0.2, 0.25) is 0 Å². The second-order valence-electron chi connectivity index (χ2n) is 4.28. The molecule has 1 aliphatic heterocycles. The van der Waals surface area contributed by atoms with Gasteiger partial charge in [-0.1, -0.05) is 0 Å². The number of rotatable bonds is 4. The topological polar surface area (TPSA) is 47.3 Å². The summed E-state index contributed by atoms with van der Waals surface area (Å²) < 4.78 is 41.8. The maximum atomic E-state index is 13.4. The Morgan fingerprint density at radius 1 is 1.32 bits per heavy atom. The van der Waals surface area contributed by atoms with Crippen LogP contribution in [0.3, 0.4) is 0 Å². The second kappa shape index (κ2) is 6.27. The fourth-order valence-corrected chi connectivity index (χ4v) is 3.05. The van der Waals surface area contributed by atoms with Gasteiger partial charge < -0.3 is 15.8 Å². The third-order valence-electron chi connectivity index (χ3n) is 2.90. The molecule has 106 valence electrons. The minimum absolute atomic E-state index is 0.192. The summed E-state index contributed by atoms with van der Waals surface area (Å²) in [6.07, 6.45) is 1.93. The molecule has 1 saturated heterocycles.